The quantitative estimate of drug-likeness (QED) is 0.554. The molecule has 0 saturated carbocycles. The summed E-state index contributed by atoms with van der Waals surface area (Å²) in [7, 11) is 4.30. The number of aromatic nitrogens is 2. The second-order valence-electron chi connectivity index (χ2n) is 7.82. The average Bonchev–Trinajstić information content (AvgIpc) is 2.79. The van der Waals surface area contributed by atoms with Crippen molar-refractivity contribution in [3.05, 3.63) is 68.5 Å². The van der Waals surface area contributed by atoms with E-state index in [0.717, 1.165) is 5.56 Å². The van der Waals surface area contributed by atoms with Gasteiger partial charge in [-0.3, -0.25) is 23.8 Å². The van der Waals surface area contributed by atoms with Crippen LogP contribution in [0.2, 0.25) is 0 Å². The molecule has 0 spiro atoms. The molecule has 0 amide bonds. The normalized spacial score (nSPS) is 22.6. The number of aromatic amines is 1. The molecule has 1 aliphatic heterocycles. The second-order valence-corrected chi connectivity index (χ2v) is 11.3. The van der Waals surface area contributed by atoms with Gasteiger partial charge in [0.05, 0.1) is 12.7 Å². The molecular formula is C20H29ClN4O5P2. The van der Waals surface area contributed by atoms with Gasteiger partial charge in [0.1, 0.15) is 0 Å². The van der Waals surface area contributed by atoms with Gasteiger partial charge in [0.15, 0.2) is 6.23 Å². The summed E-state index contributed by atoms with van der Waals surface area (Å²) < 4.78 is 27.7. The number of morpholine rings is 1. The third kappa shape index (κ3) is 5.97. The summed E-state index contributed by atoms with van der Waals surface area (Å²) in [5, 5.41) is 0. The molecule has 9 nitrogen and oxygen atoms in total. The van der Waals surface area contributed by atoms with Crippen LogP contribution in [0.1, 0.15) is 30.3 Å². The van der Waals surface area contributed by atoms with E-state index in [0.29, 0.717) is 24.9 Å². The molecular weight excluding hydrogens is 474 g/mol. The Bertz CT molecular complexity index is 1080. The highest BCUT2D eigenvalue weighted by Crippen LogP contribution is 2.58. The minimum atomic E-state index is -3.63. The molecule has 0 aliphatic carbocycles. The standard InChI is InChI=1S/C20H29ClN4O5P2/c1-14-9-25(20(27)22-19(14)26)18-11-24(13-31)10-17(30-18)12-29-32(21,28)23(3)15(2)16-7-5-4-6-8-16/h4-9,15,17-18H,10-13,31H2,1-3H3,(H,22,26,27)/t15-,17-,18+,32?/m0/s1. The van der Waals surface area contributed by atoms with Crippen molar-refractivity contribution in [1.29, 1.82) is 0 Å². The van der Waals surface area contributed by atoms with Crippen molar-refractivity contribution in [1.82, 2.24) is 19.1 Å². The SMILES string of the molecule is Cc1cn([C@H]2CN(CP)C[C@@H](COP(=O)(Cl)N(C)[C@@H](C)c3ccccc3)O2)c(=O)[nH]c1=O. The molecule has 0 radical (unpaired) electrons. The summed E-state index contributed by atoms with van der Waals surface area (Å²) in [4.78, 5) is 28.4. The molecule has 176 valence electrons. The van der Waals surface area contributed by atoms with Gasteiger partial charge in [-0.15, -0.1) is 9.24 Å². The Labute approximate surface area is 194 Å². The first-order valence-electron chi connectivity index (χ1n) is 10.2. The van der Waals surface area contributed by atoms with E-state index >= 15 is 0 Å². The van der Waals surface area contributed by atoms with E-state index in [4.69, 9.17) is 20.5 Å². The van der Waals surface area contributed by atoms with E-state index in [1.165, 1.54) is 15.4 Å². The van der Waals surface area contributed by atoms with Gasteiger partial charge >= 0.3 is 12.6 Å². The van der Waals surface area contributed by atoms with Crippen molar-refractivity contribution in [3.8, 4) is 0 Å². The molecule has 1 fully saturated rings. The Hall–Kier alpha value is -1.31. The Morgan fingerprint density at radius 2 is 2.03 bits per heavy atom. The molecule has 2 unspecified atom stereocenters. The van der Waals surface area contributed by atoms with Gasteiger partial charge in [-0.25, -0.2) is 9.46 Å². The molecule has 2 aromatic rings. The van der Waals surface area contributed by atoms with Gasteiger partial charge in [0, 0.05) is 37.2 Å². The summed E-state index contributed by atoms with van der Waals surface area (Å²) in [6.45, 7) is 0.859. The highest BCUT2D eigenvalue weighted by atomic mass is 35.7. The zero-order valence-electron chi connectivity index (χ0n) is 18.3. The summed E-state index contributed by atoms with van der Waals surface area (Å²) in [5.74, 6) is 0. The summed E-state index contributed by atoms with van der Waals surface area (Å²) in [5.41, 5.74) is 0.403. The van der Waals surface area contributed by atoms with Crippen molar-refractivity contribution in [3.63, 3.8) is 0 Å². The maximum Gasteiger partial charge on any atom is 0.363 e. The van der Waals surface area contributed by atoms with Crippen LogP contribution < -0.4 is 11.2 Å². The van der Waals surface area contributed by atoms with Crippen LogP contribution in [-0.2, 0) is 13.8 Å². The molecule has 1 aromatic carbocycles. The lowest BCUT2D eigenvalue weighted by molar-refractivity contribution is -0.129. The van der Waals surface area contributed by atoms with E-state index in [2.05, 4.69) is 19.1 Å². The van der Waals surface area contributed by atoms with E-state index in [-0.39, 0.29) is 12.6 Å². The predicted molar refractivity (Wildman–Crippen MR) is 128 cm³/mol. The van der Waals surface area contributed by atoms with Crippen LogP contribution in [-0.4, -0.2) is 58.3 Å². The summed E-state index contributed by atoms with van der Waals surface area (Å²) in [6, 6.07) is 9.39. The zero-order valence-corrected chi connectivity index (χ0v) is 21.1. The maximum atomic E-state index is 13.1. The molecule has 5 atom stereocenters. The first-order chi connectivity index (χ1) is 15.1. The van der Waals surface area contributed by atoms with Crippen LogP contribution in [0.3, 0.4) is 0 Å². The number of nitrogens with one attached hydrogen (secondary N) is 1. The first-order valence-corrected chi connectivity index (χ1v) is 13.5. The molecule has 1 saturated heterocycles. The molecule has 2 heterocycles. The Balaban J connectivity index is 1.71. The number of hydrogen-bond donors (Lipinski definition) is 1. The third-order valence-corrected chi connectivity index (χ3v) is 8.67. The van der Waals surface area contributed by atoms with Crippen molar-refractivity contribution >= 4 is 27.4 Å². The number of rotatable bonds is 8. The van der Waals surface area contributed by atoms with Gasteiger partial charge < -0.3 is 9.26 Å². The van der Waals surface area contributed by atoms with E-state index in [1.54, 1.807) is 14.0 Å². The van der Waals surface area contributed by atoms with Crippen LogP contribution in [0.15, 0.2) is 46.1 Å². The number of halogens is 1. The number of ether oxygens (including phenoxy) is 1. The second kappa shape index (κ2) is 10.7. The van der Waals surface area contributed by atoms with Crippen molar-refractivity contribution < 1.29 is 13.8 Å². The maximum absolute atomic E-state index is 13.1. The van der Waals surface area contributed by atoms with Crippen LogP contribution in [0.25, 0.3) is 0 Å². The largest absolute Gasteiger partial charge is 0.363 e. The summed E-state index contributed by atoms with van der Waals surface area (Å²) in [6.07, 6.45) is 1.03. The van der Waals surface area contributed by atoms with Gasteiger partial charge in [0.25, 0.3) is 5.56 Å². The number of nitrogens with zero attached hydrogens (tertiary/aromatic N) is 3. The highest BCUT2D eigenvalue weighted by Gasteiger charge is 2.35. The van der Waals surface area contributed by atoms with E-state index < -0.39 is 30.5 Å². The minimum Gasteiger partial charge on any atom is -0.350 e. The fourth-order valence-corrected chi connectivity index (χ4v) is 5.45. The van der Waals surface area contributed by atoms with Gasteiger partial charge in [-0.05, 0) is 37.7 Å². The number of H-pyrrole nitrogens is 1. The molecule has 1 aliphatic rings. The fourth-order valence-electron chi connectivity index (χ4n) is 3.51. The van der Waals surface area contributed by atoms with Crippen molar-refractivity contribution in [2.75, 3.05) is 33.0 Å². The summed E-state index contributed by atoms with van der Waals surface area (Å²) >= 11 is 6.33. The van der Waals surface area contributed by atoms with Crippen LogP contribution >= 0.6 is 27.4 Å². The lowest BCUT2D eigenvalue weighted by atomic mass is 10.1. The molecule has 1 N–H and O–H groups in total. The van der Waals surface area contributed by atoms with Gasteiger partial charge in [-0.1, -0.05) is 30.3 Å². The molecule has 1 aromatic heterocycles. The number of aryl methyl sites for hydroxylation is 1. The van der Waals surface area contributed by atoms with Crippen LogP contribution in [0.5, 0.6) is 0 Å². The van der Waals surface area contributed by atoms with E-state index in [9.17, 15) is 14.2 Å². The third-order valence-electron chi connectivity index (χ3n) is 5.58. The predicted octanol–water partition coefficient (Wildman–Crippen LogP) is 2.93. The van der Waals surface area contributed by atoms with E-state index in [1.807, 2.05) is 37.3 Å². The Kier molecular flexibility index (Phi) is 8.50. The van der Waals surface area contributed by atoms with Crippen LogP contribution in [0.4, 0.5) is 0 Å². The molecule has 12 heteroatoms. The topological polar surface area (TPSA) is 96.9 Å². The van der Waals surface area contributed by atoms with Gasteiger partial charge in [-0.2, -0.15) is 0 Å². The zero-order chi connectivity index (χ0) is 23.5. The molecule has 0 bridgehead atoms. The monoisotopic (exact) mass is 502 g/mol. The van der Waals surface area contributed by atoms with Crippen molar-refractivity contribution in [2.45, 2.75) is 32.2 Å². The number of hydrogen-bond acceptors (Lipinski definition) is 6. The Morgan fingerprint density at radius 1 is 1.34 bits per heavy atom. The lowest BCUT2D eigenvalue weighted by Crippen LogP contribution is -2.49. The van der Waals surface area contributed by atoms with Crippen LogP contribution in [0, 0.1) is 6.92 Å². The lowest BCUT2D eigenvalue weighted by Gasteiger charge is -2.38. The fraction of sp³-hybridized carbons (Fsp3) is 0.500. The Morgan fingerprint density at radius 3 is 2.69 bits per heavy atom. The highest BCUT2D eigenvalue weighted by molar-refractivity contribution is 7.83. The average molecular weight is 503 g/mol. The van der Waals surface area contributed by atoms with Crippen molar-refractivity contribution in [2.24, 2.45) is 0 Å². The molecule has 3 rings (SSSR count). The number of benzene rings is 1. The van der Waals surface area contributed by atoms with Gasteiger partial charge in [0.2, 0.25) is 0 Å². The first kappa shape index (κ1) is 25.3. The minimum absolute atomic E-state index is 0.0125. The smallest absolute Gasteiger partial charge is 0.350 e. The molecule has 32 heavy (non-hydrogen) atoms.